The van der Waals surface area contributed by atoms with Crippen molar-refractivity contribution in [2.75, 3.05) is 19.4 Å². The van der Waals surface area contributed by atoms with Crippen LogP contribution >= 0.6 is 11.3 Å². The van der Waals surface area contributed by atoms with Crippen molar-refractivity contribution >= 4 is 44.1 Å². The highest BCUT2D eigenvalue weighted by Gasteiger charge is 2.20. The van der Waals surface area contributed by atoms with Crippen molar-refractivity contribution in [1.82, 2.24) is 24.1 Å². The molecule has 9 nitrogen and oxygen atoms in total. The normalized spacial score (nSPS) is 12.0. The Balaban J connectivity index is 1.48. The Kier molecular flexibility index (Phi) is 6.13. The predicted molar refractivity (Wildman–Crippen MR) is 125 cm³/mol. The fraction of sp³-hybridized carbons (Fsp3) is 0.286. The number of amides is 1. The number of anilines is 1. The van der Waals surface area contributed by atoms with E-state index in [0.29, 0.717) is 24.3 Å². The van der Waals surface area contributed by atoms with Crippen LogP contribution in [0, 0.1) is 0 Å². The van der Waals surface area contributed by atoms with Crippen LogP contribution in [0.2, 0.25) is 0 Å². The number of aromatic nitrogens is 4. The second-order valence-electron chi connectivity index (χ2n) is 7.40. The summed E-state index contributed by atoms with van der Waals surface area (Å²) >= 11 is 1.59. The molecule has 0 saturated heterocycles. The first-order valence-corrected chi connectivity index (χ1v) is 12.4. The first-order valence-electron chi connectivity index (χ1n) is 10.1. The molecule has 4 rings (SSSR count). The molecule has 0 atom stereocenters. The molecule has 0 bridgehead atoms. The monoisotopic (exact) mass is 472 g/mol. The van der Waals surface area contributed by atoms with Crippen molar-refractivity contribution in [1.29, 1.82) is 0 Å². The second kappa shape index (κ2) is 8.85. The van der Waals surface area contributed by atoms with Gasteiger partial charge in [-0.2, -0.15) is 5.10 Å². The maximum absolute atomic E-state index is 12.5. The minimum atomic E-state index is -3.54. The number of nitrogens with zero attached hydrogens (tertiary/aromatic N) is 4. The number of rotatable bonds is 8. The highest BCUT2D eigenvalue weighted by atomic mass is 32.2. The van der Waals surface area contributed by atoms with Gasteiger partial charge in [-0.25, -0.2) is 17.7 Å². The molecule has 0 aliphatic heterocycles. The highest BCUT2D eigenvalue weighted by Crippen LogP contribution is 2.25. The van der Waals surface area contributed by atoms with Gasteiger partial charge in [0.05, 0.1) is 26.5 Å². The average molecular weight is 473 g/mol. The van der Waals surface area contributed by atoms with E-state index in [1.165, 1.54) is 18.4 Å². The number of aromatic amines is 1. The van der Waals surface area contributed by atoms with E-state index in [9.17, 15) is 13.2 Å². The van der Waals surface area contributed by atoms with Crippen LogP contribution in [0.4, 0.5) is 5.82 Å². The summed E-state index contributed by atoms with van der Waals surface area (Å²) in [5, 5.41) is 11.9. The van der Waals surface area contributed by atoms with Crippen LogP contribution < -0.4 is 5.32 Å². The van der Waals surface area contributed by atoms with E-state index in [2.05, 4.69) is 20.5 Å². The van der Waals surface area contributed by atoms with E-state index in [1.54, 1.807) is 35.6 Å². The molecular weight excluding hydrogens is 448 g/mol. The van der Waals surface area contributed by atoms with Crippen LogP contribution in [0.5, 0.6) is 0 Å². The van der Waals surface area contributed by atoms with Gasteiger partial charge in [-0.3, -0.25) is 9.89 Å². The molecule has 0 aliphatic carbocycles. The van der Waals surface area contributed by atoms with Gasteiger partial charge in [0.1, 0.15) is 5.82 Å². The summed E-state index contributed by atoms with van der Waals surface area (Å²) in [4.78, 5) is 18.3. The lowest BCUT2D eigenvalue weighted by molar-refractivity contribution is -0.116. The Morgan fingerprint density at radius 3 is 2.75 bits per heavy atom. The number of hydrogen-bond donors (Lipinski definition) is 2. The number of hydrogen-bond acceptors (Lipinski definition) is 6. The number of aryl methyl sites for hydroxylation is 2. The SMILES string of the molecule is CCn1c(CCC(=O)Nc2cc(-c3cccs3)[nH]n2)nc2cc(S(=O)(=O)N(C)C)ccc21. The van der Waals surface area contributed by atoms with Crippen molar-refractivity contribution < 1.29 is 13.2 Å². The molecule has 1 aromatic carbocycles. The molecule has 3 aromatic heterocycles. The van der Waals surface area contributed by atoms with Crippen LogP contribution in [0.1, 0.15) is 19.2 Å². The van der Waals surface area contributed by atoms with Crippen LogP contribution in [0.15, 0.2) is 46.7 Å². The lowest BCUT2D eigenvalue weighted by Gasteiger charge is -2.11. The molecule has 0 spiro atoms. The molecule has 0 unspecified atom stereocenters. The van der Waals surface area contributed by atoms with Gasteiger partial charge in [0.15, 0.2) is 5.82 Å². The molecule has 11 heteroatoms. The van der Waals surface area contributed by atoms with E-state index in [-0.39, 0.29) is 17.2 Å². The third-order valence-electron chi connectivity index (χ3n) is 5.10. The smallest absolute Gasteiger partial charge is 0.242 e. The van der Waals surface area contributed by atoms with E-state index < -0.39 is 10.0 Å². The van der Waals surface area contributed by atoms with Gasteiger partial charge < -0.3 is 9.88 Å². The lowest BCUT2D eigenvalue weighted by Crippen LogP contribution is -2.22. The number of carbonyl (C=O) groups excluding carboxylic acids is 1. The second-order valence-corrected chi connectivity index (χ2v) is 10.5. The van der Waals surface area contributed by atoms with Crippen molar-refractivity contribution in [3.8, 4) is 10.6 Å². The number of carbonyl (C=O) groups is 1. The zero-order chi connectivity index (χ0) is 22.9. The van der Waals surface area contributed by atoms with E-state index in [0.717, 1.165) is 21.9 Å². The topological polar surface area (TPSA) is 113 Å². The summed E-state index contributed by atoms with van der Waals surface area (Å²) in [5.41, 5.74) is 2.29. The third-order valence-corrected chi connectivity index (χ3v) is 7.82. The van der Waals surface area contributed by atoms with Gasteiger partial charge >= 0.3 is 0 Å². The summed E-state index contributed by atoms with van der Waals surface area (Å²) < 4.78 is 28.0. The molecule has 3 heterocycles. The summed E-state index contributed by atoms with van der Waals surface area (Å²) in [6.07, 6.45) is 0.652. The fourth-order valence-corrected chi connectivity index (χ4v) is 5.06. The minimum Gasteiger partial charge on any atom is -0.328 e. The number of fused-ring (bicyclic) bond motifs is 1. The van der Waals surface area contributed by atoms with Gasteiger partial charge in [-0.15, -0.1) is 11.3 Å². The summed E-state index contributed by atoms with van der Waals surface area (Å²) in [6, 6.07) is 10.7. The Morgan fingerprint density at radius 1 is 1.25 bits per heavy atom. The van der Waals surface area contributed by atoms with Crippen LogP contribution in [-0.2, 0) is 27.8 Å². The predicted octanol–water partition coefficient (Wildman–Crippen LogP) is 3.33. The maximum atomic E-state index is 12.5. The Labute approximate surface area is 190 Å². The Hall–Kier alpha value is -3.02. The average Bonchev–Trinajstić information content (AvgIpc) is 3.50. The van der Waals surface area contributed by atoms with Crippen molar-refractivity contribution in [2.45, 2.75) is 31.2 Å². The maximum Gasteiger partial charge on any atom is 0.242 e. The van der Waals surface area contributed by atoms with E-state index in [1.807, 2.05) is 29.0 Å². The third kappa shape index (κ3) is 4.31. The molecule has 0 fully saturated rings. The highest BCUT2D eigenvalue weighted by molar-refractivity contribution is 7.89. The first-order chi connectivity index (χ1) is 15.3. The molecule has 4 aromatic rings. The molecule has 32 heavy (non-hydrogen) atoms. The largest absolute Gasteiger partial charge is 0.328 e. The molecule has 0 saturated carbocycles. The standard InChI is InChI=1S/C21H24N6O3S2/c1-4-27-17-8-7-14(32(29,30)26(2)3)12-15(17)22-20(27)9-10-21(28)23-19-13-16(24-25-19)18-6-5-11-31-18/h5-8,11-13H,4,9-10H2,1-3H3,(H2,23,24,25,28). The molecular formula is C21H24N6O3S2. The summed E-state index contributed by atoms with van der Waals surface area (Å²) in [5.74, 6) is 1.04. The number of H-pyrrole nitrogens is 1. The van der Waals surface area contributed by atoms with Crippen molar-refractivity contribution in [3.63, 3.8) is 0 Å². The molecule has 0 radical (unpaired) electrons. The Morgan fingerprint density at radius 2 is 2.06 bits per heavy atom. The van der Waals surface area contributed by atoms with Gasteiger partial charge in [0, 0.05) is 39.5 Å². The van der Waals surface area contributed by atoms with Gasteiger partial charge in [-0.05, 0) is 36.6 Å². The van der Waals surface area contributed by atoms with Gasteiger partial charge in [0.25, 0.3) is 0 Å². The number of sulfonamides is 1. The van der Waals surface area contributed by atoms with Gasteiger partial charge in [0.2, 0.25) is 15.9 Å². The van der Waals surface area contributed by atoms with Crippen LogP contribution in [0.3, 0.4) is 0 Å². The van der Waals surface area contributed by atoms with Crippen LogP contribution in [0.25, 0.3) is 21.6 Å². The fourth-order valence-electron chi connectivity index (χ4n) is 3.45. The first kappa shape index (κ1) is 22.2. The molecule has 168 valence electrons. The zero-order valence-electron chi connectivity index (χ0n) is 18.0. The molecule has 1 amide bonds. The summed E-state index contributed by atoms with van der Waals surface area (Å²) in [6.45, 7) is 2.65. The number of benzene rings is 1. The molecule has 0 aliphatic rings. The van der Waals surface area contributed by atoms with Crippen molar-refractivity contribution in [2.24, 2.45) is 0 Å². The number of thiophene rings is 1. The molecule has 2 N–H and O–H groups in total. The Bertz CT molecular complexity index is 1350. The minimum absolute atomic E-state index is 0.167. The quantitative estimate of drug-likeness (QED) is 0.408. The van der Waals surface area contributed by atoms with Crippen LogP contribution in [-0.4, -0.2) is 52.5 Å². The van der Waals surface area contributed by atoms with Gasteiger partial charge in [-0.1, -0.05) is 6.07 Å². The summed E-state index contributed by atoms with van der Waals surface area (Å²) in [7, 11) is -0.549. The number of imidazole rings is 1. The lowest BCUT2D eigenvalue weighted by atomic mass is 10.2. The number of nitrogens with one attached hydrogen (secondary N) is 2. The van der Waals surface area contributed by atoms with E-state index in [4.69, 9.17) is 0 Å². The van der Waals surface area contributed by atoms with E-state index >= 15 is 0 Å². The zero-order valence-corrected chi connectivity index (χ0v) is 19.6. The van der Waals surface area contributed by atoms with Crippen molar-refractivity contribution in [3.05, 3.63) is 47.6 Å².